The molecule has 12 aromatic rings. The Balaban J connectivity index is 1.07. The zero-order valence-corrected chi connectivity index (χ0v) is 36.6. The number of rotatable bonds is 6. The molecule has 13 rings (SSSR count). The zero-order chi connectivity index (χ0) is 44.6. The predicted molar refractivity (Wildman–Crippen MR) is 269 cm³/mol. The molecule has 0 atom stereocenters. The molecule has 0 fully saturated rings. The van der Waals surface area contributed by atoms with Crippen molar-refractivity contribution in [1.29, 1.82) is 0 Å². The molecule has 0 radical (unpaired) electrons. The van der Waals surface area contributed by atoms with Gasteiger partial charge in [0, 0.05) is 80.8 Å². The van der Waals surface area contributed by atoms with Gasteiger partial charge in [0.1, 0.15) is 0 Å². The van der Waals surface area contributed by atoms with Crippen LogP contribution >= 0.6 is 0 Å². The summed E-state index contributed by atoms with van der Waals surface area (Å²) in [5, 5.41) is 4.00. The molecule has 6 aromatic heterocycles. The van der Waals surface area contributed by atoms with Gasteiger partial charge < -0.3 is 0 Å². The number of nitrogens with zero attached hydrogens (tertiary/aromatic N) is 8. The maximum absolute atomic E-state index is 5.41. The molecule has 8 nitrogen and oxygen atoms in total. The van der Waals surface area contributed by atoms with Crippen LogP contribution in [0, 0.1) is 0 Å². The van der Waals surface area contributed by atoms with Gasteiger partial charge in [-0.05, 0) is 122 Å². The van der Waals surface area contributed by atoms with Crippen molar-refractivity contribution in [2.45, 2.75) is 19.3 Å². The molecule has 0 unspecified atom stereocenters. The van der Waals surface area contributed by atoms with Crippen molar-refractivity contribution in [3.63, 3.8) is 0 Å². The molecule has 0 saturated carbocycles. The van der Waals surface area contributed by atoms with Crippen LogP contribution in [0.5, 0.6) is 0 Å². The number of hydrogen-bond donors (Lipinski definition) is 0. The van der Waals surface area contributed by atoms with E-state index in [0.29, 0.717) is 17.5 Å². The molecule has 0 bridgehead atoms. The molecule has 0 aliphatic heterocycles. The summed E-state index contributed by atoms with van der Waals surface area (Å²) in [4.78, 5) is 39.7. The third-order valence-corrected chi connectivity index (χ3v) is 13.4. The molecule has 8 heteroatoms. The number of aromatic nitrogens is 8. The molecule has 0 N–H and O–H groups in total. The standard InChI is InChI=1S/C59H38N8/c1-59(2)50-16-4-3-13-44(50)45-22-21-39(33-51(45)59)57-65-56(36-19-17-35(18-20-36)40-12-5-23-60-34-40)66-58(67-57)43-29-41(48-31-37-10-6-24-61-52(37)54-46(48)14-8-26-63-54)28-42(30-43)49-32-38-11-7-25-62-53(38)55-47(49)15-9-27-64-55/h3-34H,1-2H3. The van der Waals surface area contributed by atoms with Crippen molar-refractivity contribution in [2.24, 2.45) is 0 Å². The Morgan fingerprint density at radius 3 is 1.46 bits per heavy atom. The lowest BCUT2D eigenvalue weighted by atomic mass is 9.82. The summed E-state index contributed by atoms with van der Waals surface area (Å²) in [6, 6.07) is 55.2. The number of hydrogen-bond acceptors (Lipinski definition) is 8. The monoisotopic (exact) mass is 858 g/mol. The molecule has 1 aliphatic carbocycles. The van der Waals surface area contributed by atoms with Crippen molar-refractivity contribution in [1.82, 2.24) is 39.9 Å². The molecule has 67 heavy (non-hydrogen) atoms. The number of benzene rings is 6. The lowest BCUT2D eigenvalue weighted by Crippen LogP contribution is -2.15. The van der Waals surface area contributed by atoms with Gasteiger partial charge in [0.05, 0.1) is 22.1 Å². The molecule has 0 amide bonds. The van der Waals surface area contributed by atoms with Crippen LogP contribution in [0.4, 0.5) is 0 Å². The normalized spacial score (nSPS) is 12.7. The van der Waals surface area contributed by atoms with E-state index >= 15 is 0 Å². The summed E-state index contributed by atoms with van der Waals surface area (Å²) < 4.78 is 0. The van der Waals surface area contributed by atoms with Gasteiger partial charge in [0.15, 0.2) is 17.5 Å². The fraction of sp³-hybridized carbons (Fsp3) is 0.0508. The topological polar surface area (TPSA) is 103 Å². The average Bonchev–Trinajstić information content (AvgIpc) is 3.63. The van der Waals surface area contributed by atoms with E-state index in [1.165, 1.54) is 22.3 Å². The van der Waals surface area contributed by atoms with Crippen molar-refractivity contribution >= 4 is 43.6 Å². The highest BCUT2D eigenvalue weighted by atomic mass is 15.0. The Kier molecular flexibility index (Phi) is 8.70. The molecule has 6 aromatic carbocycles. The van der Waals surface area contributed by atoms with Gasteiger partial charge >= 0.3 is 0 Å². The van der Waals surface area contributed by atoms with E-state index in [1.54, 1.807) is 6.20 Å². The maximum atomic E-state index is 5.41. The van der Waals surface area contributed by atoms with Gasteiger partial charge in [-0.15, -0.1) is 0 Å². The van der Waals surface area contributed by atoms with E-state index < -0.39 is 0 Å². The first-order chi connectivity index (χ1) is 32.9. The van der Waals surface area contributed by atoms with E-state index in [1.807, 2.05) is 61.3 Å². The highest BCUT2D eigenvalue weighted by Gasteiger charge is 2.35. The number of pyridine rings is 5. The van der Waals surface area contributed by atoms with Gasteiger partial charge in [0.2, 0.25) is 0 Å². The van der Waals surface area contributed by atoms with Gasteiger partial charge in [-0.25, -0.2) is 15.0 Å². The molecule has 0 spiro atoms. The SMILES string of the molecule is CC1(C)c2ccccc2-c2ccc(-c3nc(-c4ccc(-c5cccnc5)cc4)nc(-c4cc(-c5cc6cccnc6c6ncccc56)cc(-c5cc6cccnc6c6ncccc56)c4)n3)cc21. The minimum absolute atomic E-state index is 0.202. The highest BCUT2D eigenvalue weighted by Crippen LogP contribution is 2.49. The Hall–Kier alpha value is -8.88. The quantitative estimate of drug-likeness (QED) is 0.152. The second kappa shape index (κ2) is 15.1. The molecule has 1 aliphatic rings. The van der Waals surface area contributed by atoms with E-state index in [4.69, 9.17) is 34.9 Å². The van der Waals surface area contributed by atoms with E-state index in [9.17, 15) is 0 Å². The van der Waals surface area contributed by atoms with E-state index in [2.05, 4.69) is 146 Å². The van der Waals surface area contributed by atoms with E-state index in [-0.39, 0.29) is 5.41 Å². The summed E-state index contributed by atoms with van der Waals surface area (Å²) in [6.45, 7) is 4.60. The van der Waals surface area contributed by atoms with Gasteiger partial charge in [-0.1, -0.05) is 105 Å². The lowest BCUT2D eigenvalue weighted by Gasteiger charge is -2.21. The molecular weight excluding hydrogens is 821 g/mol. The summed E-state index contributed by atoms with van der Waals surface area (Å²) in [5.41, 5.74) is 17.0. The maximum Gasteiger partial charge on any atom is 0.164 e. The second-order valence-corrected chi connectivity index (χ2v) is 17.7. The Morgan fingerprint density at radius 1 is 0.328 bits per heavy atom. The fourth-order valence-electron chi connectivity index (χ4n) is 10.1. The highest BCUT2D eigenvalue weighted by molar-refractivity contribution is 6.12. The third kappa shape index (κ3) is 6.37. The molecular formula is C59H38N8. The first-order valence-corrected chi connectivity index (χ1v) is 22.4. The van der Waals surface area contributed by atoms with Crippen molar-refractivity contribution in [3.05, 3.63) is 206 Å². The van der Waals surface area contributed by atoms with Crippen LogP contribution in [0.3, 0.4) is 0 Å². The van der Waals surface area contributed by atoms with Gasteiger partial charge in [-0.3, -0.25) is 24.9 Å². The molecule has 6 heterocycles. The second-order valence-electron chi connectivity index (χ2n) is 17.7. The molecule has 0 saturated heterocycles. The van der Waals surface area contributed by atoms with Crippen LogP contribution < -0.4 is 0 Å². The summed E-state index contributed by atoms with van der Waals surface area (Å²) in [6.07, 6.45) is 11.0. The summed E-state index contributed by atoms with van der Waals surface area (Å²) >= 11 is 0. The smallest absolute Gasteiger partial charge is 0.164 e. The number of fused-ring (bicyclic) bond motifs is 9. The first kappa shape index (κ1) is 38.6. The molecule has 314 valence electrons. The van der Waals surface area contributed by atoms with Crippen molar-refractivity contribution in [2.75, 3.05) is 0 Å². The minimum atomic E-state index is -0.202. The Morgan fingerprint density at radius 2 is 0.836 bits per heavy atom. The Labute approximate surface area is 385 Å². The van der Waals surface area contributed by atoms with Crippen LogP contribution in [-0.2, 0) is 5.41 Å². The van der Waals surface area contributed by atoms with Crippen LogP contribution in [-0.4, -0.2) is 39.9 Å². The minimum Gasteiger partial charge on any atom is -0.264 e. The fourth-order valence-corrected chi connectivity index (χ4v) is 10.1. The Bertz CT molecular complexity index is 3820. The zero-order valence-electron chi connectivity index (χ0n) is 36.6. The van der Waals surface area contributed by atoms with Crippen LogP contribution in [0.1, 0.15) is 25.0 Å². The first-order valence-electron chi connectivity index (χ1n) is 22.4. The van der Waals surface area contributed by atoms with Crippen molar-refractivity contribution in [3.8, 4) is 78.7 Å². The predicted octanol–water partition coefficient (Wildman–Crippen LogP) is 13.8. The van der Waals surface area contributed by atoms with Crippen LogP contribution in [0.2, 0.25) is 0 Å². The van der Waals surface area contributed by atoms with Crippen LogP contribution in [0.15, 0.2) is 195 Å². The van der Waals surface area contributed by atoms with Gasteiger partial charge in [0.25, 0.3) is 0 Å². The van der Waals surface area contributed by atoms with Crippen molar-refractivity contribution < 1.29 is 0 Å². The van der Waals surface area contributed by atoms with Crippen LogP contribution in [0.25, 0.3) is 122 Å². The summed E-state index contributed by atoms with van der Waals surface area (Å²) in [5.74, 6) is 1.72. The largest absolute Gasteiger partial charge is 0.264 e. The van der Waals surface area contributed by atoms with E-state index in [0.717, 1.165) is 93.7 Å². The average molecular weight is 859 g/mol. The lowest BCUT2D eigenvalue weighted by molar-refractivity contribution is 0.660. The third-order valence-electron chi connectivity index (χ3n) is 13.4. The summed E-state index contributed by atoms with van der Waals surface area (Å²) in [7, 11) is 0. The van der Waals surface area contributed by atoms with Gasteiger partial charge in [-0.2, -0.15) is 0 Å².